The number of azide groups is 1. The molecule has 1 aromatic heterocycles. The van der Waals surface area contributed by atoms with E-state index in [0.717, 1.165) is 30.5 Å². The lowest BCUT2D eigenvalue weighted by atomic mass is 9.84. The highest BCUT2D eigenvalue weighted by atomic mass is 32.2. The zero-order chi connectivity index (χ0) is 31.4. The van der Waals surface area contributed by atoms with Gasteiger partial charge in [0.05, 0.1) is 23.0 Å². The van der Waals surface area contributed by atoms with Crippen molar-refractivity contribution in [2.24, 2.45) is 5.11 Å². The lowest BCUT2D eigenvalue weighted by molar-refractivity contribution is -0.117. The summed E-state index contributed by atoms with van der Waals surface area (Å²) in [6.07, 6.45) is 2.39. The molecular weight excluding hydrogens is 600 g/mol. The minimum absolute atomic E-state index is 0.0259. The standard InChI is InChI=1S/C30H24F4N6O3S/c31-20-8-6-18(7-9-20)28(19-12-21(32)14-22(33)13-19)29(38-39-35)30(41)37-27-16-36-15-26(34)25(27)11-10-23-17-40(23)44(42,43)24-4-2-1-3-5-24/h1-9,12-16,23,28-29H,10-11,17H2,(H,37,41)/t23?,28-,29-,40?/m0/s1. The van der Waals surface area contributed by atoms with Crippen LogP contribution in [0.15, 0.2) is 95.2 Å². The van der Waals surface area contributed by atoms with Crippen molar-refractivity contribution in [3.63, 3.8) is 0 Å². The molecule has 3 aromatic carbocycles. The normalized spacial score (nSPS) is 17.3. The first-order valence-electron chi connectivity index (χ1n) is 13.3. The van der Waals surface area contributed by atoms with Crippen molar-refractivity contribution in [3.05, 3.63) is 136 Å². The molecule has 4 aromatic rings. The summed E-state index contributed by atoms with van der Waals surface area (Å²) >= 11 is 0. The van der Waals surface area contributed by atoms with Gasteiger partial charge >= 0.3 is 0 Å². The van der Waals surface area contributed by atoms with E-state index in [1.807, 2.05) is 0 Å². The molecule has 9 nitrogen and oxygen atoms in total. The third-order valence-corrected chi connectivity index (χ3v) is 9.17. The number of aromatic nitrogens is 1. The van der Waals surface area contributed by atoms with Crippen LogP contribution in [0.25, 0.3) is 10.4 Å². The lowest BCUT2D eigenvalue weighted by Crippen LogP contribution is -2.33. The van der Waals surface area contributed by atoms with Crippen LogP contribution in [-0.2, 0) is 21.2 Å². The van der Waals surface area contributed by atoms with Gasteiger partial charge in [0.1, 0.15) is 29.3 Å². The summed E-state index contributed by atoms with van der Waals surface area (Å²) in [6, 6.07) is 13.1. The first kappa shape index (κ1) is 30.7. The van der Waals surface area contributed by atoms with Crippen molar-refractivity contribution < 1.29 is 30.8 Å². The van der Waals surface area contributed by atoms with Crippen LogP contribution in [-0.4, -0.2) is 42.2 Å². The predicted molar refractivity (Wildman–Crippen MR) is 153 cm³/mol. The third-order valence-electron chi connectivity index (χ3n) is 7.24. The molecule has 1 amide bonds. The molecule has 1 aliphatic rings. The molecule has 226 valence electrons. The van der Waals surface area contributed by atoms with Gasteiger partial charge in [0.25, 0.3) is 0 Å². The van der Waals surface area contributed by atoms with Crippen LogP contribution in [0.2, 0.25) is 0 Å². The van der Waals surface area contributed by atoms with Gasteiger partial charge < -0.3 is 5.32 Å². The Morgan fingerprint density at radius 3 is 2.32 bits per heavy atom. The smallest absolute Gasteiger partial charge is 0.243 e. The second kappa shape index (κ2) is 12.8. The largest absolute Gasteiger partial charge is 0.324 e. The van der Waals surface area contributed by atoms with E-state index in [1.54, 1.807) is 18.2 Å². The number of sulfonamides is 1. The Labute approximate surface area is 249 Å². The summed E-state index contributed by atoms with van der Waals surface area (Å²) in [6.45, 7) is 0.244. The van der Waals surface area contributed by atoms with Crippen LogP contribution in [0.4, 0.5) is 23.2 Å². The molecular formula is C30H24F4N6O3S. The quantitative estimate of drug-likeness (QED) is 0.0712. The number of amides is 1. The fraction of sp³-hybridized carbons (Fsp3) is 0.200. The number of nitrogens with one attached hydrogen (secondary N) is 1. The van der Waals surface area contributed by atoms with Gasteiger partial charge in [-0.1, -0.05) is 35.4 Å². The number of carbonyl (C=O) groups excluding carboxylic acids is 1. The van der Waals surface area contributed by atoms with Crippen LogP contribution in [0.3, 0.4) is 0 Å². The zero-order valence-electron chi connectivity index (χ0n) is 22.8. The Balaban J connectivity index is 1.40. The van der Waals surface area contributed by atoms with Crippen molar-refractivity contribution >= 4 is 21.6 Å². The van der Waals surface area contributed by atoms with Gasteiger partial charge in [-0.05, 0) is 65.9 Å². The Hall–Kier alpha value is -4.78. The van der Waals surface area contributed by atoms with E-state index >= 15 is 0 Å². The van der Waals surface area contributed by atoms with Crippen molar-refractivity contribution in [1.29, 1.82) is 0 Å². The molecule has 1 N–H and O–H groups in total. The van der Waals surface area contributed by atoms with E-state index in [4.69, 9.17) is 0 Å². The summed E-state index contributed by atoms with van der Waals surface area (Å²) in [4.78, 5) is 20.3. The Morgan fingerprint density at radius 1 is 0.977 bits per heavy atom. The number of anilines is 1. The van der Waals surface area contributed by atoms with E-state index in [-0.39, 0.29) is 46.7 Å². The summed E-state index contributed by atoms with van der Waals surface area (Å²) in [7, 11) is -3.71. The molecule has 0 saturated carbocycles. The summed E-state index contributed by atoms with van der Waals surface area (Å²) in [5.41, 5.74) is 9.44. The van der Waals surface area contributed by atoms with Gasteiger partial charge in [0.15, 0.2) is 0 Å². The Morgan fingerprint density at radius 2 is 1.66 bits per heavy atom. The average molecular weight is 625 g/mol. The van der Waals surface area contributed by atoms with Crippen LogP contribution < -0.4 is 5.32 Å². The molecule has 2 unspecified atom stereocenters. The number of benzene rings is 3. The highest BCUT2D eigenvalue weighted by Gasteiger charge is 2.44. The molecule has 0 radical (unpaired) electrons. The minimum Gasteiger partial charge on any atom is -0.324 e. The van der Waals surface area contributed by atoms with Gasteiger partial charge in [-0.25, -0.2) is 26.0 Å². The monoisotopic (exact) mass is 624 g/mol. The van der Waals surface area contributed by atoms with E-state index in [0.29, 0.717) is 6.07 Å². The zero-order valence-corrected chi connectivity index (χ0v) is 23.6. The molecule has 4 atom stereocenters. The molecule has 0 aliphatic carbocycles. The second-order valence-corrected chi connectivity index (χ2v) is 12.0. The molecule has 14 heteroatoms. The number of pyridine rings is 1. The predicted octanol–water partition coefficient (Wildman–Crippen LogP) is 6.09. The SMILES string of the molecule is [N-]=[N+]=N[C@H](C(=O)Nc1cncc(F)c1CCC1CN1S(=O)(=O)c1ccccc1)[C@@H](c1ccc(F)cc1)c1cc(F)cc(F)c1. The van der Waals surface area contributed by atoms with Crippen molar-refractivity contribution in [2.45, 2.75) is 35.7 Å². The van der Waals surface area contributed by atoms with Crippen LogP contribution in [0.1, 0.15) is 29.0 Å². The first-order chi connectivity index (χ1) is 21.1. The number of halogens is 4. The highest BCUT2D eigenvalue weighted by molar-refractivity contribution is 7.89. The van der Waals surface area contributed by atoms with Crippen molar-refractivity contribution in [1.82, 2.24) is 9.29 Å². The van der Waals surface area contributed by atoms with E-state index < -0.39 is 57.2 Å². The van der Waals surface area contributed by atoms with Gasteiger partial charge in [-0.15, -0.1) is 0 Å². The lowest BCUT2D eigenvalue weighted by Gasteiger charge is -2.25. The molecule has 2 heterocycles. The summed E-state index contributed by atoms with van der Waals surface area (Å²) < 4.78 is 84.2. The number of nitrogens with zero attached hydrogens (tertiary/aromatic N) is 5. The van der Waals surface area contributed by atoms with E-state index in [1.165, 1.54) is 34.8 Å². The maximum atomic E-state index is 15.0. The highest BCUT2D eigenvalue weighted by Crippen LogP contribution is 2.34. The van der Waals surface area contributed by atoms with Gasteiger partial charge in [-0.3, -0.25) is 9.78 Å². The number of rotatable bonds is 11. The Bertz CT molecular complexity index is 1820. The minimum atomic E-state index is -3.71. The Kier molecular flexibility index (Phi) is 8.95. The van der Waals surface area contributed by atoms with Crippen LogP contribution >= 0.6 is 0 Å². The van der Waals surface area contributed by atoms with Crippen LogP contribution in [0, 0.1) is 23.3 Å². The maximum Gasteiger partial charge on any atom is 0.243 e. The third kappa shape index (κ3) is 6.72. The van der Waals surface area contributed by atoms with Crippen molar-refractivity contribution in [2.75, 3.05) is 11.9 Å². The number of carbonyl (C=O) groups is 1. The van der Waals surface area contributed by atoms with E-state index in [9.17, 15) is 36.3 Å². The first-order valence-corrected chi connectivity index (χ1v) is 14.8. The molecule has 0 spiro atoms. The van der Waals surface area contributed by atoms with Gasteiger partial charge in [0, 0.05) is 35.0 Å². The topological polar surface area (TPSA) is 128 Å². The summed E-state index contributed by atoms with van der Waals surface area (Å²) in [5, 5.41) is 6.11. The molecule has 5 rings (SSSR count). The van der Waals surface area contributed by atoms with Crippen molar-refractivity contribution in [3.8, 4) is 0 Å². The average Bonchev–Trinajstić information content (AvgIpc) is 3.78. The number of hydrogen-bond acceptors (Lipinski definition) is 5. The fourth-order valence-electron chi connectivity index (χ4n) is 5.07. The molecule has 44 heavy (non-hydrogen) atoms. The molecule has 0 bridgehead atoms. The van der Waals surface area contributed by atoms with Gasteiger partial charge in [-0.2, -0.15) is 4.31 Å². The van der Waals surface area contributed by atoms with E-state index in [2.05, 4.69) is 20.3 Å². The molecule has 1 aliphatic heterocycles. The fourth-order valence-corrected chi connectivity index (χ4v) is 6.71. The van der Waals surface area contributed by atoms with Crippen LogP contribution in [0.5, 0.6) is 0 Å². The number of hydrogen-bond donors (Lipinski definition) is 1. The molecule has 1 saturated heterocycles. The molecule has 1 fully saturated rings. The second-order valence-electron chi connectivity index (χ2n) is 10.1. The van der Waals surface area contributed by atoms with Gasteiger partial charge in [0.2, 0.25) is 15.9 Å². The maximum absolute atomic E-state index is 15.0. The summed E-state index contributed by atoms with van der Waals surface area (Å²) in [5.74, 6) is -5.48.